The van der Waals surface area contributed by atoms with Gasteiger partial charge in [-0.15, -0.1) is 0 Å². The van der Waals surface area contributed by atoms with Gasteiger partial charge in [0.2, 0.25) is 0 Å². The van der Waals surface area contributed by atoms with E-state index in [-0.39, 0.29) is 5.60 Å². The van der Waals surface area contributed by atoms with Crippen LogP contribution in [0.2, 0.25) is 0 Å². The first-order valence-electron chi connectivity index (χ1n) is 7.66. The minimum absolute atomic E-state index is 0.0574. The third-order valence-electron chi connectivity index (χ3n) is 6.82. The monoisotopic (exact) mass is 248 g/mol. The summed E-state index contributed by atoms with van der Waals surface area (Å²) in [6.07, 6.45) is 7.68. The van der Waals surface area contributed by atoms with Crippen LogP contribution < -0.4 is 0 Å². The number of hydrogen-bond donors (Lipinski definition) is 0. The van der Waals surface area contributed by atoms with Crippen LogP contribution in [0.5, 0.6) is 0 Å². The Labute approximate surface area is 112 Å². The van der Waals surface area contributed by atoms with Crippen molar-refractivity contribution >= 4 is 0 Å². The summed E-state index contributed by atoms with van der Waals surface area (Å²) in [6, 6.07) is 0. The molecule has 0 aromatic carbocycles. The first kappa shape index (κ1) is 12.7. The fourth-order valence-electron chi connectivity index (χ4n) is 5.31. The molecule has 1 heteroatoms. The van der Waals surface area contributed by atoms with E-state index in [1.165, 1.54) is 25.7 Å². The zero-order chi connectivity index (χ0) is 13.2. The zero-order valence-electron chi connectivity index (χ0n) is 12.7. The molecule has 1 heterocycles. The molecule has 0 amide bonds. The fraction of sp³-hybridized carbons (Fsp3) is 0.882. The highest BCUT2D eigenvalue weighted by molar-refractivity contribution is 5.33. The molecule has 0 unspecified atom stereocenters. The van der Waals surface area contributed by atoms with Crippen molar-refractivity contribution < 1.29 is 4.74 Å². The molecular formula is C17H28O. The Morgan fingerprint density at radius 1 is 1.11 bits per heavy atom. The minimum Gasteiger partial charge on any atom is -0.367 e. The Morgan fingerprint density at radius 3 is 2.56 bits per heavy atom. The highest BCUT2D eigenvalue weighted by Crippen LogP contribution is 2.64. The lowest BCUT2D eigenvalue weighted by atomic mass is 9.45. The van der Waals surface area contributed by atoms with Gasteiger partial charge in [-0.2, -0.15) is 0 Å². The van der Waals surface area contributed by atoms with E-state index in [4.69, 9.17) is 4.74 Å². The highest BCUT2D eigenvalue weighted by atomic mass is 16.5. The lowest BCUT2D eigenvalue weighted by molar-refractivity contribution is -0.0899. The summed E-state index contributed by atoms with van der Waals surface area (Å²) in [6.45, 7) is 13.1. The zero-order valence-corrected chi connectivity index (χ0v) is 12.7. The quantitative estimate of drug-likeness (QED) is 0.570. The van der Waals surface area contributed by atoms with Crippen LogP contribution in [0.15, 0.2) is 11.6 Å². The molecule has 2 fully saturated rings. The second kappa shape index (κ2) is 3.62. The van der Waals surface area contributed by atoms with Crippen LogP contribution in [0.1, 0.15) is 60.3 Å². The van der Waals surface area contributed by atoms with Crippen LogP contribution >= 0.6 is 0 Å². The van der Waals surface area contributed by atoms with Crippen LogP contribution in [0.3, 0.4) is 0 Å². The number of fused-ring (bicyclic) bond motifs is 3. The maximum Gasteiger partial charge on any atom is 0.0874 e. The van der Waals surface area contributed by atoms with Crippen molar-refractivity contribution in [1.29, 1.82) is 0 Å². The number of ether oxygens (including phenoxy) is 1. The van der Waals surface area contributed by atoms with E-state index in [1.807, 2.05) is 0 Å². The van der Waals surface area contributed by atoms with Crippen molar-refractivity contribution in [2.24, 2.45) is 22.7 Å². The lowest BCUT2D eigenvalue weighted by Crippen LogP contribution is -2.54. The molecule has 2 saturated carbocycles. The van der Waals surface area contributed by atoms with Gasteiger partial charge in [-0.25, -0.2) is 0 Å². The van der Waals surface area contributed by atoms with Gasteiger partial charge in [-0.3, -0.25) is 0 Å². The van der Waals surface area contributed by atoms with Gasteiger partial charge in [0, 0.05) is 0 Å². The maximum atomic E-state index is 6.06. The molecule has 102 valence electrons. The van der Waals surface area contributed by atoms with Crippen molar-refractivity contribution in [3.8, 4) is 0 Å². The topological polar surface area (TPSA) is 9.23 Å². The summed E-state index contributed by atoms with van der Waals surface area (Å²) >= 11 is 0. The standard InChI is InChI=1S/C17H28O/c1-12-6-9-16(4)13(15(12,2)3)7-10-17(5)14(16)8-11-18-17/h8,12-13H,6-7,9-11H2,1-5H3/t12-,13-,16-,17+/m0/s1. The Bertz CT molecular complexity index is 394. The molecular weight excluding hydrogens is 220 g/mol. The molecule has 0 saturated heterocycles. The van der Waals surface area contributed by atoms with E-state index in [1.54, 1.807) is 5.57 Å². The average molecular weight is 248 g/mol. The maximum absolute atomic E-state index is 6.06. The third-order valence-corrected chi connectivity index (χ3v) is 6.82. The Morgan fingerprint density at radius 2 is 1.83 bits per heavy atom. The molecule has 1 nitrogen and oxygen atoms in total. The molecule has 0 aromatic heterocycles. The van der Waals surface area contributed by atoms with E-state index < -0.39 is 0 Å². The molecule has 4 atom stereocenters. The Balaban J connectivity index is 2.04. The number of rotatable bonds is 0. The van der Waals surface area contributed by atoms with Crippen LogP contribution in [-0.4, -0.2) is 12.2 Å². The normalized spacial score (nSPS) is 50.4. The lowest BCUT2D eigenvalue weighted by Gasteiger charge is -2.60. The van der Waals surface area contributed by atoms with Crippen molar-refractivity contribution in [1.82, 2.24) is 0 Å². The molecule has 3 aliphatic rings. The van der Waals surface area contributed by atoms with Gasteiger partial charge in [0.05, 0.1) is 12.2 Å². The largest absolute Gasteiger partial charge is 0.367 e. The molecule has 1 aliphatic heterocycles. The van der Waals surface area contributed by atoms with Crippen LogP contribution in [0, 0.1) is 22.7 Å². The summed E-state index contributed by atoms with van der Waals surface area (Å²) < 4.78 is 6.06. The second-order valence-corrected chi connectivity index (χ2v) is 7.93. The van der Waals surface area contributed by atoms with Crippen molar-refractivity contribution in [3.05, 3.63) is 11.6 Å². The summed E-state index contributed by atoms with van der Waals surface area (Å²) in [7, 11) is 0. The summed E-state index contributed by atoms with van der Waals surface area (Å²) in [5.74, 6) is 1.68. The van der Waals surface area contributed by atoms with Gasteiger partial charge in [0.15, 0.2) is 0 Å². The van der Waals surface area contributed by atoms with Crippen molar-refractivity contribution in [2.75, 3.05) is 6.61 Å². The summed E-state index contributed by atoms with van der Waals surface area (Å²) in [5.41, 5.74) is 2.55. The molecule has 0 spiro atoms. The van der Waals surface area contributed by atoms with E-state index in [9.17, 15) is 0 Å². The molecule has 0 radical (unpaired) electrons. The Kier molecular flexibility index (Phi) is 2.56. The van der Waals surface area contributed by atoms with Crippen molar-refractivity contribution in [3.63, 3.8) is 0 Å². The number of hydrogen-bond acceptors (Lipinski definition) is 1. The minimum atomic E-state index is 0.0574. The smallest absolute Gasteiger partial charge is 0.0874 e. The van der Waals surface area contributed by atoms with Gasteiger partial charge in [0.1, 0.15) is 0 Å². The molecule has 18 heavy (non-hydrogen) atoms. The first-order chi connectivity index (χ1) is 8.31. The third kappa shape index (κ3) is 1.43. The van der Waals surface area contributed by atoms with Crippen molar-refractivity contribution in [2.45, 2.75) is 65.9 Å². The predicted molar refractivity (Wildman–Crippen MR) is 75.5 cm³/mol. The molecule has 0 bridgehead atoms. The van der Waals surface area contributed by atoms with Crippen LogP contribution in [0.25, 0.3) is 0 Å². The van der Waals surface area contributed by atoms with Gasteiger partial charge in [-0.05, 0) is 60.8 Å². The first-order valence-corrected chi connectivity index (χ1v) is 7.66. The van der Waals surface area contributed by atoms with Crippen LogP contribution in [0.4, 0.5) is 0 Å². The second-order valence-electron chi connectivity index (χ2n) is 7.93. The van der Waals surface area contributed by atoms with Gasteiger partial charge in [0.25, 0.3) is 0 Å². The SMILES string of the molecule is C[C@H]1CC[C@]2(C)C3=CCO[C@]3(C)CC[C@H]2C1(C)C. The average Bonchev–Trinajstić information content (AvgIpc) is 2.68. The summed E-state index contributed by atoms with van der Waals surface area (Å²) in [4.78, 5) is 0. The van der Waals surface area contributed by atoms with Gasteiger partial charge < -0.3 is 4.74 Å². The van der Waals surface area contributed by atoms with E-state index in [0.717, 1.165) is 18.4 Å². The highest BCUT2D eigenvalue weighted by Gasteiger charge is 2.58. The van der Waals surface area contributed by atoms with Gasteiger partial charge >= 0.3 is 0 Å². The van der Waals surface area contributed by atoms with E-state index in [2.05, 4.69) is 40.7 Å². The summed E-state index contributed by atoms with van der Waals surface area (Å²) in [5, 5.41) is 0. The van der Waals surface area contributed by atoms with E-state index >= 15 is 0 Å². The predicted octanol–water partition coefficient (Wildman–Crippen LogP) is 4.57. The molecule has 3 rings (SSSR count). The molecule has 0 aromatic rings. The van der Waals surface area contributed by atoms with Crippen LogP contribution in [-0.2, 0) is 4.74 Å². The van der Waals surface area contributed by atoms with E-state index in [0.29, 0.717) is 10.8 Å². The molecule has 0 N–H and O–H groups in total. The fourth-order valence-corrected chi connectivity index (χ4v) is 5.31. The Hall–Kier alpha value is -0.300. The van der Waals surface area contributed by atoms with Gasteiger partial charge in [-0.1, -0.05) is 33.8 Å². The molecule has 2 aliphatic carbocycles.